The monoisotopic (exact) mass is 545 g/mol. The predicted molar refractivity (Wildman–Crippen MR) is 153 cm³/mol. The standard InChI is InChI=1S/C29H35N7O4/c1-5-40-29(39)36-25-19-35(28(38)21-7-6-8-23(17-21)34-15-13-33(4)14-16-34)18-24(25)26(31-36)30-27(37)20-9-11-22(12-10-20)32(2)3/h6-12,17H,5,13-16,18-19H2,1-4H3,(H,30,31,37). The topological polar surface area (TPSA) is 103 Å². The highest BCUT2D eigenvalue weighted by molar-refractivity contribution is 6.04. The van der Waals surface area contributed by atoms with Crippen LogP contribution in [0.15, 0.2) is 48.5 Å². The van der Waals surface area contributed by atoms with E-state index in [1.165, 1.54) is 0 Å². The summed E-state index contributed by atoms with van der Waals surface area (Å²) in [5.74, 6) is -0.267. The lowest BCUT2D eigenvalue weighted by Gasteiger charge is -2.34. The first-order valence-corrected chi connectivity index (χ1v) is 13.4. The van der Waals surface area contributed by atoms with Gasteiger partial charge in [0.25, 0.3) is 11.8 Å². The van der Waals surface area contributed by atoms with Gasteiger partial charge in [-0.3, -0.25) is 9.59 Å². The summed E-state index contributed by atoms with van der Waals surface area (Å²) in [7, 11) is 5.96. The van der Waals surface area contributed by atoms with Gasteiger partial charge in [-0.2, -0.15) is 4.68 Å². The molecule has 2 aliphatic rings. The zero-order valence-electron chi connectivity index (χ0n) is 23.4. The van der Waals surface area contributed by atoms with Crippen molar-refractivity contribution in [3.63, 3.8) is 0 Å². The molecule has 210 valence electrons. The summed E-state index contributed by atoms with van der Waals surface area (Å²) in [5.41, 5.74) is 4.16. The van der Waals surface area contributed by atoms with Gasteiger partial charge in [0.05, 0.1) is 25.4 Å². The molecule has 0 spiro atoms. The number of anilines is 3. The highest BCUT2D eigenvalue weighted by atomic mass is 16.6. The van der Waals surface area contributed by atoms with Crippen LogP contribution in [0.5, 0.6) is 0 Å². The van der Waals surface area contributed by atoms with E-state index in [1.807, 2.05) is 55.4 Å². The summed E-state index contributed by atoms with van der Waals surface area (Å²) < 4.78 is 6.34. The number of amides is 2. The van der Waals surface area contributed by atoms with E-state index in [0.717, 1.165) is 42.2 Å². The number of carbonyl (C=O) groups excluding carboxylic acids is 3. The largest absolute Gasteiger partial charge is 0.448 e. The van der Waals surface area contributed by atoms with Crippen molar-refractivity contribution < 1.29 is 19.1 Å². The summed E-state index contributed by atoms with van der Waals surface area (Å²) in [6, 6.07) is 14.8. The Labute approximate surface area is 233 Å². The minimum atomic E-state index is -0.652. The number of hydrogen-bond acceptors (Lipinski definition) is 8. The van der Waals surface area contributed by atoms with E-state index >= 15 is 0 Å². The Kier molecular flexibility index (Phi) is 7.74. The molecule has 2 aliphatic heterocycles. The van der Waals surface area contributed by atoms with Crippen LogP contribution in [0.3, 0.4) is 0 Å². The molecule has 2 amide bonds. The Hall–Kier alpha value is -4.38. The number of likely N-dealkylation sites (N-methyl/N-ethyl adjacent to an activating group) is 1. The fraction of sp³-hybridized carbons (Fsp3) is 0.379. The molecule has 0 atom stereocenters. The number of carbonyl (C=O) groups is 3. The molecule has 1 N–H and O–H groups in total. The highest BCUT2D eigenvalue weighted by Crippen LogP contribution is 2.31. The Balaban J connectivity index is 1.37. The second-order valence-corrected chi connectivity index (χ2v) is 10.3. The van der Waals surface area contributed by atoms with Crippen LogP contribution < -0.4 is 15.1 Å². The average Bonchev–Trinajstić information content (AvgIpc) is 3.53. The van der Waals surface area contributed by atoms with Crippen LogP contribution in [0.25, 0.3) is 0 Å². The molecule has 0 radical (unpaired) electrons. The number of rotatable bonds is 6. The molecule has 2 aromatic carbocycles. The number of fused-ring (bicyclic) bond motifs is 1. The van der Waals surface area contributed by atoms with Crippen molar-refractivity contribution in [3.05, 3.63) is 70.9 Å². The lowest BCUT2D eigenvalue weighted by molar-refractivity contribution is 0.0747. The molecule has 3 aromatic rings. The van der Waals surface area contributed by atoms with Crippen LogP contribution in [0, 0.1) is 0 Å². The second kappa shape index (κ2) is 11.4. The summed E-state index contributed by atoms with van der Waals surface area (Å²) in [6.45, 7) is 6.02. The van der Waals surface area contributed by atoms with Crippen LogP contribution in [0.2, 0.25) is 0 Å². The Morgan fingerprint density at radius 3 is 2.38 bits per heavy atom. The number of ether oxygens (including phenoxy) is 1. The van der Waals surface area contributed by atoms with Crippen molar-refractivity contribution in [3.8, 4) is 0 Å². The summed E-state index contributed by atoms with van der Waals surface area (Å²) in [6.07, 6.45) is -0.652. The molecule has 11 nitrogen and oxygen atoms in total. The lowest BCUT2D eigenvalue weighted by atomic mass is 10.1. The molecule has 1 saturated heterocycles. The first-order valence-electron chi connectivity index (χ1n) is 13.4. The number of nitrogens with one attached hydrogen (secondary N) is 1. The minimum absolute atomic E-state index is 0.154. The molecule has 0 saturated carbocycles. The van der Waals surface area contributed by atoms with Crippen molar-refractivity contribution in [1.82, 2.24) is 19.6 Å². The predicted octanol–water partition coefficient (Wildman–Crippen LogP) is 3.11. The summed E-state index contributed by atoms with van der Waals surface area (Å²) >= 11 is 0. The van der Waals surface area contributed by atoms with Crippen LogP contribution in [-0.2, 0) is 17.8 Å². The summed E-state index contributed by atoms with van der Waals surface area (Å²) in [5, 5.41) is 7.20. The normalized spacial score (nSPS) is 15.1. The van der Waals surface area contributed by atoms with Crippen LogP contribution >= 0.6 is 0 Å². The van der Waals surface area contributed by atoms with Gasteiger partial charge in [-0.1, -0.05) is 6.07 Å². The fourth-order valence-electron chi connectivity index (χ4n) is 4.99. The SMILES string of the molecule is CCOC(=O)n1nc(NC(=O)c2ccc(N(C)C)cc2)c2c1CN(C(=O)c1cccc(N3CCN(C)CC3)c1)C2. The maximum absolute atomic E-state index is 13.6. The van der Waals surface area contributed by atoms with Crippen molar-refractivity contribution in [2.75, 3.05) is 69.0 Å². The highest BCUT2D eigenvalue weighted by Gasteiger charge is 2.34. The van der Waals surface area contributed by atoms with Gasteiger partial charge in [0, 0.05) is 68.3 Å². The van der Waals surface area contributed by atoms with Gasteiger partial charge in [-0.15, -0.1) is 5.10 Å². The third-order valence-electron chi connectivity index (χ3n) is 7.35. The molecule has 0 bridgehead atoms. The minimum Gasteiger partial charge on any atom is -0.448 e. The summed E-state index contributed by atoms with van der Waals surface area (Å²) in [4.78, 5) is 47.6. The van der Waals surface area contributed by atoms with E-state index in [-0.39, 0.29) is 37.3 Å². The smallest absolute Gasteiger partial charge is 0.435 e. The lowest BCUT2D eigenvalue weighted by Crippen LogP contribution is -2.44. The molecule has 1 fully saturated rings. The Morgan fingerprint density at radius 1 is 0.975 bits per heavy atom. The molecular weight excluding hydrogens is 510 g/mol. The van der Waals surface area contributed by atoms with E-state index in [0.29, 0.717) is 22.4 Å². The van der Waals surface area contributed by atoms with Crippen LogP contribution in [-0.4, -0.2) is 91.4 Å². The van der Waals surface area contributed by atoms with Crippen LogP contribution in [0.4, 0.5) is 22.0 Å². The van der Waals surface area contributed by atoms with Gasteiger partial charge in [0.2, 0.25) is 0 Å². The molecule has 40 heavy (non-hydrogen) atoms. The number of piperazine rings is 1. The molecule has 5 rings (SSSR count). The van der Waals surface area contributed by atoms with Gasteiger partial charge in [-0.25, -0.2) is 4.79 Å². The quantitative estimate of drug-likeness (QED) is 0.504. The molecule has 3 heterocycles. The zero-order valence-corrected chi connectivity index (χ0v) is 23.4. The molecular formula is C29H35N7O4. The zero-order chi connectivity index (χ0) is 28.4. The van der Waals surface area contributed by atoms with E-state index < -0.39 is 6.09 Å². The molecule has 0 aliphatic carbocycles. The first kappa shape index (κ1) is 27.2. The molecule has 1 aromatic heterocycles. The van der Waals surface area contributed by atoms with E-state index in [1.54, 1.807) is 24.0 Å². The number of benzene rings is 2. The average molecular weight is 546 g/mol. The van der Waals surface area contributed by atoms with Gasteiger partial charge in [0.15, 0.2) is 5.82 Å². The van der Waals surface area contributed by atoms with Gasteiger partial charge < -0.3 is 29.7 Å². The number of aromatic nitrogens is 2. The van der Waals surface area contributed by atoms with Crippen molar-refractivity contribution in [2.45, 2.75) is 20.0 Å². The molecule has 11 heteroatoms. The van der Waals surface area contributed by atoms with Crippen molar-refractivity contribution >= 4 is 35.1 Å². The number of hydrogen-bond donors (Lipinski definition) is 1. The first-order chi connectivity index (χ1) is 19.2. The maximum atomic E-state index is 13.6. The van der Waals surface area contributed by atoms with Crippen molar-refractivity contribution in [2.24, 2.45) is 0 Å². The molecule has 0 unspecified atom stereocenters. The van der Waals surface area contributed by atoms with Crippen LogP contribution in [0.1, 0.15) is 38.9 Å². The van der Waals surface area contributed by atoms with E-state index in [9.17, 15) is 14.4 Å². The van der Waals surface area contributed by atoms with E-state index in [2.05, 4.69) is 27.3 Å². The number of nitrogens with zero attached hydrogens (tertiary/aromatic N) is 6. The third kappa shape index (κ3) is 5.50. The van der Waals surface area contributed by atoms with Gasteiger partial charge >= 0.3 is 6.09 Å². The third-order valence-corrected chi connectivity index (χ3v) is 7.35. The van der Waals surface area contributed by atoms with Gasteiger partial charge in [0.1, 0.15) is 0 Å². The second-order valence-electron chi connectivity index (χ2n) is 10.3. The fourth-order valence-corrected chi connectivity index (χ4v) is 4.99. The maximum Gasteiger partial charge on any atom is 0.435 e. The van der Waals surface area contributed by atoms with Crippen molar-refractivity contribution in [1.29, 1.82) is 0 Å². The van der Waals surface area contributed by atoms with Gasteiger partial charge in [-0.05, 0) is 56.4 Å². The Bertz CT molecular complexity index is 1410. The van der Waals surface area contributed by atoms with E-state index in [4.69, 9.17) is 4.74 Å². The Morgan fingerprint density at radius 2 is 1.70 bits per heavy atom.